The van der Waals surface area contributed by atoms with Gasteiger partial charge in [-0.1, -0.05) is 17.7 Å². The Labute approximate surface area is 191 Å². The van der Waals surface area contributed by atoms with E-state index in [9.17, 15) is 31.1 Å². The second kappa shape index (κ2) is 10.1. The molecule has 1 amide bonds. The van der Waals surface area contributed by atoms with Gasteiger partial charge in [-0.05, 0) is 24.6 Å². The van der Waals surface area contributed by atoms with E-state index in [0.29, 0.717) is 24.8 Å². The summed E-state index contributed by atoms with van der Waals surface area (Å²) in [6, 6.07) is 5.03. The molecule has 2 fully saturated rings. The molecule has 33 heavy (non-hydrogen) atoms. The average Bonchev–Trinajstić information content (AvgIpc) is 2.72. The van der Waals surface area contributed by atoms with E-state index in [1.54, 1.807) is 0 Å². The maximum Gasteiger partial charge on any atom is 0.434 e. The Morgan fingerprint density at radius 1 is 1.12 bits per heavy atom. The van der Waals surface area contributed by atoms with Gasteiger partial charge < -0.3 is 19.3 Å². The molecule has 2 aliphatic rings. The van der Waals surface area contributed by atoms with E-state index in [1.807, 2.05) is 23.1 Å². The van der Waals surface area contributed by atoms with Gasteiger partial charge in [-0.25, -0.2) is 4.79 Å². The lowest BCUT2D eigenvalue weighted by molar-refractivity contribution is -0.308. The van der Waals surface area contributed by atoms with Crippen molar-refractivity contribution in [2.75, 3.05) is 50.8 Å². The number of alkyl halides is 6. The third-order valence-electron chi connectivity index (χ3n) is 5.57. The highest BCUT2D eigenvalue weighted by Gasteiger charge is 2.60. The van der Waals surface area contributed by atoms with E-state index in [2.05, 4.69) is 9.64 Å². The second-order valence-corrected chi connectivity index (χ2v) is 8.41. The molecule has 0 aromatic heterocycles. The van der Waals surface area contributed by atoms with E-state index in [4.69, 9.17) is 16.3 Å². The summed E-state index contributed by atoms with van der Waals surface area (Å²) in [6.45, 7) is 5.14. The number of morpholine rings is 1. The van der Waals surface area contributed by atoms with Crippen molar-refractivity contribution in [3.8, 4) is 0 Å². The highest BCUT2D eigenvalue weighted by atomic mass is 35.5. The molecular formula is C20H24ClF6N3O3. The first-order chi connectivity index (χ1) is 15.4. The lowest BCUT2D eigenvalue weighted by Crippen LogP contribution is -2.56. The molecule has 186 valence electrons. The third-order valence-corrected chi connectivity index (χ3v) is 5.92. The Bertz CT molecular complexity index is 818. The van der Waals surface area contributed by atoms with Crippen molar-refractivity contribution in [2.24, 2.45) is 0 Å². The minimum atomic E-state index is -5.75. The first kappa shape index (κ1) is 25.7. The van der Waals surface area contributed by atoms with Gasteiger partial charge in [0.2, 0.25) is 0 Å². The summed E-state index contributed by atoms with van der Waals surface area (Å²) in [5.41, 5.74) is 1.79. The van der Waals surface area contributed by atoms with Crippen molar-refractivity contribution in [3.05, 3.63) is 28.8 Å². The Hall–Kier alpha value is -1.92. The monoisotopic (exact) mass is 503 g/mol. The van der Waals surface area contributed by atoms with E-state index in [1.165, 1.54) is 6.92 Å². The fraction of sp³-hybridized carbons (Fsp3) is 0.650. The number of halogens is 7. The molecule has 0 saturated carbocycles. The van der Waals surface area contributed by atoms with Gasteiger partial charge in [-0.15, -0.1) is 0 Å². The maximum atomic E-state index is 12.7. The van der Waals surface area contributed by atoms with Gasteiger partial charge in [0.05, 0.1) is 13.2 Å². The van der Waals surface area contributed by atoms with Crippen molar-refractivity contribution in [1.82, 2.24) is 9.80 Å². The number of nitrogens with zero attached hydrogens (tertiary/aromatic N) is 3. The van der Waals surface area contributed by atoms with Crippen molar-refractivity contribution in [2.45, 2.75) is 38.0 Å². The lowest BCUT2D eigenvalue weighted by Gasteiger charge is -2.40. The zero-order valence-corrected chi connectivity index (χ0v) is 18.5. The quantitative estimate of drug-likeness (QED) is 0.573. The van der Waals surface area contributed by atoms with Crippen LogP contribution in [0, 0.1) is 0 Å². The minimum Gasteiger partial charge on any atom is -0.426 e. The SMILES string of the molecule is CC1CN(Cc2ccc(N3CCOCC3)cc2Cl)CCN1C(=O)OC(C(F)(F)F)C(F)(F)F. The summed E-state index contributed by atoms with van der Waals surface area (Å²) < 4.78 is 85.3. The lowest BCUT2D eigenvalue weighted by atomic mass is 10.1. The van der Waals surface area contributed by atoms with Crippen LogP contribution in [0.25, 0.3) is 0 Å². The van der Waals surface area contributed by atoms with Crippen LogP contribution in [0.2, 0.25) is 5.02 Å². The van der Waals surface area contributed by atoms with Gasteiger partial charge in [-0.3, -0.25) is 4.90 Å². The van der Waals surface area contributed by atoms with Crippen molar-refractivity contribution in [1.29, 1.82) is 0 Å². The van der Waals surface area contributed by atoms with E-state index in [-0.39, 0.29) is 19.6 Å². The standard InChI is InChI=1S/C20H24ClF6N3O3/c1-13-11-28(4-5-30(13)18(31)33-17(19(22,23)24)20(25,26)27)12-14-2-3-15(10-16(14)21)29-6-8-32-9-7-29/h2-3,10,13,17H,4-9,11-12H2,1H3. The van der Waals surface area contributed by atoms with Crippen LogP contribution in [0.4, 0.5) is 36.8 Å². The molecule has 2 heterocycles. The van der Waals surface area contributed by atoms with E-state index >= 15 is 0 Å². The van der Waals surface area contributed by atoms with Gasteiger partial charge in [0, 0.05) is 56.0 Å². The fourth-order valence-corrected chi connectivity index (χ4v) is 4.09. The predicted molar refractivity (Wildman–Crippen MR) is 108 cm³/mol. The minimum absolute atomic E-state index is 0.0775. The molecule has 1 aromatic rings. The molecule has 13 heteroatoms. The number of piperazine rings is 1. The Morgan fingerprint density at radius 3 is 2.30 bits per heavy atom. The largest absolute Gasteiger partial charge is 0.434 e. The summed E-state index contributed by atoms with van der Waals surface area (Å²) in [5, 5.41) is 0.548. The van der Waals surface area contributed by atoms with Crippen LogP contribution >= 0.6 is 11.6 Å². The van der Waals surface area contributed by atoms with Crippen LogP contribution in [0.5, 0.6) is 0 Å². The summed E-state index contributed by atoms with van der Waals surface area (Å²) in [4.78, 5) is 17.0. The van der Waals surface area contributed by atoms with Crippen LogP contribution in [-0.2, 0) is 16.0 Å². The Kier molecular flexibility index (Phi) is 7.90. The zero-order valence-electron chi connectivity index (χ0n) is 17.8. The first-order valence-corrected chi connectivity index (χ1v) is 10.7. The van der Waals surface area contributed by atoms with Gasteiger partial charge >= 0.3 is 18.4 Å². The number of benzene rings is 1. The summed E-state index contributed by atoms with van der Waals surface area (Å²) in [5.74, 6) is 0. The van der Waals surface area contributed by atoms with E-state index < -0.39 is 30.6 Å². The van der Waals surface area contributed by atoms with Crippen LogP contribution in [-0.4, -0.2) is 86.3 Å². The van der Waals surface area contributed by atoms with Crippen molar-refractivity contribution in [3.63, 3.8) is 0 Å². The number of carbonyl (C=O) groups is 1. The molecule has 0 aliphatic carbocycles. The molecule has 0 radical (unpaired) electrons. The van der Waals surface area contributed by atoms with Crippen molar-refractivity contribution >= 4 is 23.4 Å². The second-order valence-electron chi connectivity index (χ2n) is 8.00. The number of carbonyl (C=O) groups excluding carboxylic acids is 1. The molecule has 0 bridgehead atoms. The number of rotatable bonds is 4. The summed E-state index contributed by atoms with van der Waals surface area (Å²) in [6.07, 6.45) is -17.3. The van der Waals surface area contributed by atoms with Crippen molar-refractivity contribution < 1.29 is 40.6 Å². The molecule has 3 rings (SSSR count). The average molecular weight is 504 g/mol. The maximum absolute atomic E-state index is 12.7. The summed E-state index contributed by atoms with van der Waals surface area (Å²) >= 11 is 6.44. The van der Waals surface area contributed by atoms with Crippen LogP contribution in [0.3, 0.4) is 0 Å². The number of anilines is 1. The van der Waals surface area contributed by atoms with Crippen LogP contribution in [0.1, 0.15) is 12.5 Å². The fourth-order valence-electron chi connectivity index (χ4n) is 3.86. The molecule has 0 spiro atoms. The highest BCUT2D eigenvalue weighted by Crippen LogP contribution is 2.36. The molecule has 1 aromatic carbocycles. The first-order valence-electron chi connectivity index (χ1n) is 10.3. The van der Waals surface area contributed by atoms with Crippen LogP contribution < -0.4 is 4.90 Å². The Balaban J connectivity index is 1.58. The number of ether oxygens (including phenoxy) is 2. The normalized spacial score (nSPS) is 20.9. The number of hydrogen-bond donors (Lipinski definition) is 0. The third kappa shape index (κ3) is 6.57. The molecule has 0 N–H and O–H groups in total. The Morgan fingerprint density at radius 2 is 1.76 bits per heavy atom. The molecule has 6 nitrogen and oxygen atoms in total. The van der Waals surface area contributed by atoms with Gasteiger partial charge in [0.25, 0.3) is 6.10 Å². The predicted octanol–water partition coefficient (Wildman–Crippen LogP) is 4.31. The molecule has 2 saturated heterocycles. The molecule has 1 atom stereocenters. The molecule has 1 unspecified atom stereocenters. The zero-order chi connectivity index (χ0) is 24.4. The topological polar surface area (TPSA) is 45.2 Å². The van der Waals surface area contributed by atoms with Crippen LogP contribution in [0.15, 0.2) is 18.2 Å². The number of hydrogen-bond acceptors (Lipinski definition) is 5. The smallest absolute Gasteiger partial charge is 0.426 e. The van der Waals surface area contributed by atoms with Gasteiger partial charge in [0.1, 0.15) is 0 Å². The molecular weight excluding hydrogens is 480 g/mol. The van der Waals surface area contributed by atoms with E-state index in [0.717, 1.165) is 29.2 Å². The number of amides is 1. The highest BCUT2D eigenvalue weighted by molar-refractivity contribution is 6.31. The van der Waals surface area contributed by atoms with Gasteiger partial charge in [-0.2, -0.15) is 26.3 Å². The van der Waals surface area contributed by atoms with Gasteiger partial charge in [0.15, 0.2) is 0 Å². The molecule has 2 aliphatic heterocycles. The summed E-state index contributed by atoms with van der Waals surface area (Å²) in [7, 11) is 0.